The molecule has 0 bridgehead atoms. The minimum absolute atomic E-state index is 0.0247. The monoisotopic (exact) mass is 261 g/mol. The molecule has 0 saturated carbocycles. The van der Waals surface area contributed by atoms with Gasteiger partial charge in [-0.15, -0.1) is 11.6 Å². The number of rotatable bonds is 7. The van der Waals surface area contributed by atoms with E-state index in [9.17, 15) is 4.79 Å². The molecule has 1 atom stereocenters. The largest absolute Gasteiger partial charge is 0.454 e. The van der Waals surface area contributed by atoms with E-state index in [4.69, 9.17) is 25.9 Å². The Balaban J connectivity index is 2.31. The maximum absolute atomic E-state index is 11.6. The van der Waals surface area contributed by atoms with Crippen molar-refractivity contribution < 1.29 is 19.1 Å². The van der Waals surface area contributed by atoms with Gasteiger partial charge in [-0.2, -0.15) is 0 Å². The summed E-state index contributed by atoms with van der Waals surface area (Å²) < 4.78 is 10.3. The van der Waals surface area contributed by atoms with E-state index in [0.717, 1.165) is 0 Å². The first-order valence-corrected chi connectivity index (χ1v) is 5.79. The van der Waals surface area contributed by atoms with Crippen molar-refractivity contribution in [2.45, 2.75) is 12.3 Å². The lowest BCUT2D eigenvalue weighted by molar-refractivity contribution is 0.0820. The first-order valence-electron chi connectivity index (χ1n) is 5.35. The van der Waals surface area contributed by atoms with E-state index in [-0.39, 0.29) is 30.3 Å². The van der Waals surface area contributed by atoms with Crippen molar-refractivity contribution in [3.8, 4) is 0 Å². The van der Waals surface area contributed by atoms with Crippen LogP contribution in [0.25, 0.3) is 0 Å². The molecule has 5 nitrogen and oxygen atoms in total. The van der Waals surface area contributed by atoms with Gasteiger partial charge in [0.25, 0.3) is 5.91 Å². The van der Waals surface area contributed by atoms with Gasteiger partial charge in [-0.05, 0) is 19.1 Å². The highest BCUT2D eigenvalue weighted by Crippen LogP contribution is 2.21. The van der Waals surface area contributed by atoms with Gasteiger partial charge in [-0.25, -0.2) is 0 Å². The fraction of sp³-hybridized carbons (Fsp3) is 0.545. The lowest BCUT2D eigenvalue weighted by atomic mass is 10.3. The smallest absolute Gasteiger partial charge is 0.287 e. The summed E-state index contributed by atoms with van der Waals surface area (Å²) in [6.45, 7) is 2.73. The summed E-state index contributed by atoms with van der Waals surface area (Å²) in [4.78, 5) is 11.6. The number of amides is 1. The van der Waals surface area contributed by atoms with Crippen LogP contribution >= 0.6 is 11.6 Å². The van der Waals surface area contributed by atoms with Gasteiger partial charge < -0.3 is 19.6 Å². The highest BCUT2D eigenvalue weighted by atomic mass is 35.5. The molecular formula is C11H16ClNO4. The molecule has 1 unspecified atom stereocenters. The van der Waals surface area contributed by atoms with E-state index in [1.807, 2.05) is 0 Å². The zero-order valence-electron chi connectivity index (χ0n) is 9.61. The molecule has 0 aromatic carbocycles. The van der Waals surface area contributed by atoms with Crippen molar-refractivity contribution in [2.24, 2.45) is 0 Å². The normalized spacial score (nSPS) is 12.4. The topological polar surface area (TPSA) is 71.7 Å². The second-order valence-electron chi connectivity index (χ2n) is 3.41. The highest BCUT2D eigenvalue weighted by molar-refractivity contribution is 6.20. The molecule has 1 amide bonds. The molecule has 0 saturated heterocycles. The number of carbonyl (C=O) groups excluding carboxylic acids is 1. The number of aliphatic hydroxyl groups is 1. The van der Waals surface area contributed by atoms with Crippen LogP contribution < -0.4 is 5.32 Å². The average Bonchev–Trinajstić information content (AvgIpc) is 2.78. The van der Waals surface area contributed by atoms with Crippen LogP contribution in [-0.2, 0) is 4.74 Å². The molecule has 0 aliphatic heterocycles. The zero-order valence-corrected chi connectivity index (χ0v) is 10.4. The molecule has 6 heteroatoms. The van der Waals surface area contributed by atoms with Crippen molar-refractivity contribution in [3.63, 3.8) is 0 Å². The predicted octanol–water partition coefficient (Wildman–Crippen LogP) is 1.32. The van der Waals surface area contributed by atoms with Crippen molar-refractivity contribution in [2.75, 3.05) is 26.4 Å². The molecule has 1 rings (SSSR count). The molecule has 1 aromatic heterocycles. The zero-order chi connectivity index (χ0) is 12.7. The van der Waals surface area contributed by atoms with Crippen LogP contribution in [0, 0.1) is 0 Å². The number of furan rings is 1. The van der Waals surface area contributed by atoms with Gasteiger partial charge in [0.15, 0.2) is 5.76 Å². The van der Waals surface area contributed by atoms with Crippen LogP contribution in [0.4, 0.5) is 0 Å². The van der Waals surface area contributed by atoms with Crippen molar-refractivity contribution in [1.82, 2.24) is 5.32 Å². The Morgan fingerprint density at radius 3 is 2.94 bits per heavy atom. The summed E-state index contributed by atoms with van der Waals surface area (Å²) in [6.07, 6.45) is 0. The van der Waals surface area contributed by atoms with Crippen molar-refractivity contribution >= 4 is 17.5 Å². The van der Waals surface area contributed by atoms with Crippen LogP contribution in [-0.4, -0.2) is 37.4 Å². The first kappa shape index (κ1) is 14.0. The van der Waals surface area contributed by atoms with Gasteiger partial charge in [0.2, 0.25) is 0 Å². The SMILES string of the molecule is CC(Cl)c1ccc(C(=O)NCCOCCO)o1. The molecule has 0 spiro atoms. The van der Waals surface area contributed by atoms with Crippen LogP contribution in [0.2, 0.25) is 0 Å². The molecule has 1 aromatic rings. The third-order valence-corrected chi connectivity index (χ3v) is 2.23. The number of aliphatic hydroxyl groups excluding tert-OH is 1. The third kappa shape index (κ3) is 4.77. The van der Waals surface area contributed by atoms with Crippen molar-refractivity contribution in [3.05, 3.63) is 23.7 Å². The Morgan fingerprint density at radius 1 is 1.59 bits per heavy atom. The van der Waals surface area contributed by atoms with Gasteiger partial charge in [-0.1, -0.05) is 0 Å². The molecule has 2 N–H and O–H groups in total. The second kappa shape index (κ2) is 7.32. The highest BCUT2D eigenvalue weighted by Gasteiger charge is 2.12. The maximum atomic E-state index is 11.6. The molecule has 0 aliphatic rings. The van der Waals surface area contributed by atoms with E-state index in [1.165, 1.54) is 0 Å². The number of carbonyl (C=O) groups is 1. The fourth-order valence-electron chi connectivity index (χ4n) is 1.18. The van der Waals surface area contributed by atoms with Gasteiger partial charge in [0.1, 0.15) is 5.76 Å². The number of nitrogens with one attached hydrogen (secondary N) is 1. The number of halogens is 1. The van der Waals surface area contributed by atoms with Gasteiger partial charge in [0.05, 0.1) is 25.2 Å². The lowest BCUT2D eigenvalue weighted by Crippen LogP contribution is -2.27. The summed E-state index contributed by atoms with van der Waals surface area (Å²) in [5.74, 6) is 0.490. The van der Waals surface area contributed by atoms with Gasteiger partial charge in [0, 0.05) is 6.54 Å². The average molecular weight is 262 g/mol. The van der Waals surface area contributed by atoms with Gasteiger partial charge in [-0.3, -0.25) is 4.79 Å². The molecule has 17 heavy (non-hydrogen) atoms. The van der Waals surface area contributed by atoms with E-state index in [1.54, 1.807) is 19.1 Å². The quantitative estimate of drug-likeness (QED) is 0.574. The molecule has 0 aliphatic carbocycles. The van der Waals surface area contributed by atoms with E-state index >= 15 is 0 Å². The van der Waals surface area contributed by atoms with Crippen LogP contribution in [0.3, 0.4) is 0 Å². The van der Waals surface area contributed by atoms with E-state index < -0.39 is 0 Å². The minimum atomic E-state index is -0.304. The Bertz CT molecular complexity index is 351. The fourth-order valence-corrected chi connectivity index (χ4v) is 1.30. The number of hydrogen-bond acceptors (Lipinski definition) is 4. The minimum Gasteiger partial charge on any atom is -0.454 e. The number of hydrogen-bond donors (Lipinski definition) is 2. The maximum Gasteiger partial charge on any atom is 0.287 e. The Morgan fingerprint density at radius 2 is 2.35 bits per heavy atom. The van der Waals surface area contributed by atoms with Crippen LogP contribution in [0.15, 0.2) is 16.5 Å². The number of ether oxygens (including phenoxy) is 1. The summed E-state index contributed by atoms with van der Waals surface area (Å²) in [6, 6.07) is 3.26. The van der Waals surface area contributed by atoms with E-state index in [0.29, 0.717) is 18.9 Å². The third-order valence-electron chi connectivity index (χ3n) is 2.01. The van der Waals surface area contributed by atoms with Crippen LogP contribution in [0.1, 0.15) is 28.6 Å². The van der Waals surface area contributed by atoms with Crippen molar-refractivity contribution in [1.29, 1.82) is 0 Å². The second-order valence-corrected chi connectivity index (χ2v) is 4.06. The predicted molar refractivity (Wildman–Crippen MR) is 63.2 cm³/mol. The molecule has 96 valence electrons. The summed E-state index contributed by atoms with van der Waals surface area (Å²) in [5, 5.41) is 10.8. The molecular weight excluding hydrogens is 246 g/mol. The molecule has 0 radical (unpaired) electrons. The van der Waals surface area contributed by atoms with Gasteiger partial charge >= 0.3 is 0 Å². The summed E-state index contributed by atoms with van der Waals surface area (Å²) in [5.41, 5.74) is 0. The molecule has 1 heterocycles. The molecule has 0 fully saturated rings. The lowest BCUT2D eigenvalue weighted by Gasteiger charge is -2.03. The first-order chi connectivity index (χ1) is 8.15. The Kier molecular flexibility index (Phi) is 6.04. The Labute approximate surface area is 105 Å². The summed E-state index contributed by atoms with van der Waals surface area (Å²) >= 11 is 5.81. The summed E-state index contributed by atoms with van der Waals surface area (Å²) in [7, 11) is 0. The van der Waals surface area contributed by atoms with Crippen LogP contribution in [0.5, 0.6) is 0 Å². The number of alkyl halides is 1. The standard InChI is InChI=1S/C11H16ClNO4/c1-8(12)9-2-3-10(17-9)11(15)13-4-6-16-7-5-14/h2-3,8,14H,4-7H2,1H3,(H,13,15). The Hall–Kier alpha value is -1.04. The van der Waals surface area contributed by atoms with E-state index in [2.05, 4.69) is 5.32 Å².